The van der Waals surface area contributed by atoms with Crippen LogP contribution in [-0.2, 0) is 4.79 Å². The predicted octanol–water partition coefficient (Wildman–Crippen LogP) is 3.01. The van der Waals surface area contributed by atoms with E-state index in [0.717, 1.165) is 17.4 Å². The average Bonchev–Trinajstić information content (AvgIpc) is 3.12. The molecule has 3 amide bonds. The SMILES string of the molecule is CCNC(=O)NC(=O)CSc1nnc(-c2ccc(F)cc2)n1-c1ccccc1. The summed E-state index contributed by atoms with van der Waals surface area (Å²) in [5.74, 6) is -0.267. The van der Waals surface area contributed by atoms with Crippen LogP contribution in [0.1, 0.15) is 6.92 Å². The molecule has 0 bridgehead atoms. The number of urea groups is 1. The molecular formula is C19H18FN5O2S. The van der Waals surface area contributed by atoms with Crippen LogP contribution in [0, 0.1) is 5.82 Å². The van der Waals surface area contributed by atoms with Gasteiger partial charge in [0.2, 0.25) is 5.91 Å². The largest absolute Gasteiger partial charge is 0.338 e. The van der Waals surface area contributed by atoms with E-state index in [9.17, 15) is 14.0 Å². The molecule has 2 N–H and O–H groups in total. The first-order valence-electron chi connectivity index (χ1n) is 8.55. The van der Waals surface area contributed by atoms with Gasteiger partial charge in [-0.15, -0.1) is 10.2 Å². The van der Waals surface area contributed by atoms with Gasteiger partial charge in [0, 0.05) is 17.8 Å². The van der Waals surface area contributed by atoms with Crippen LogP contribution in [0.5, 0.6) is 0 Å². The third-order valence-corrected chi connectivity index (χ3v) is 4.60. The Bertz CT molecular complexity index is 960. The summed E-state index contributed by atoms with van der Waals surface area (Å²) in [6, 6.07) is 14.8. The highest BCUT2D eigenvalue weighted by Crippen LogP contribution is 2.27. The Balaban J connectivity index is 1.86. The number of nitrogens with zero attached hydrogens (tertiary/aromatic N) is 3. The molecule has 0 spiro atoms. The number of carbonyl (C=O) groups is 2. The number of aromatic nitrogens is 3. The van der Waals surface area contributed by atoms with Gasteiger partial charge in [0.25, 0.3) is 0 Å². The van der Waals surface area contributed by atoms with Crippen molar-refractivity contribution >= 4 is 23.7 Å². The van der Waals surface area contributed by atoms with Gasteiger partial charge in [0.15, 0.2) is 11.0 Å². The number of hydrogen-bond acceptors (Lipinski definition) is 5. The zero-order valence-corrected chi connectivity index (χ0v) is 15.9. The molecule has 144 valence electrons. The zero-order valence-electron chi connectivity index (χ0n) is 15.1. The van der Waals surface area contributed by atoms with E-state index < -0.39 is 11.9 Å². The number of imide groups is 1. The Morgan fingerprint density at radius 1 is 1.07 bits per heavy atom. The van der Waals surface area contributed by atoms with Crippen molar-refractivity contribution in [3.63, 3.8) is 0 Å². The molecule has 0 fully saturated rings. The van der Waals surface area contributed by atoms with Gasteiger partial charge in [0.1, 0.15) is 5.82 Å². The molecule has 7 nitrogen and oxygen atoms in total. The summed E-state index contributed by atoms with van der Waals surface area (Å²) in [4.78, 5) is 23.4. The van der Waals surface area contributed by atoms with Crippen LogP contribution in [0.2, 0.25) is 0 Å². The Kier molecular flexibility index (Phi) is 6.38. The fraction of sp³-hybridized carbons (Fsp3) is 0.158. The van der Waals surface area contributed by atoms with E-state index in [1.54, 1.807) is 23.6 Å². The number of rotatable bonds is 6. The van der Waals surface area contributed by atoms with Crippen LogP contribution >= 0.6 is 11.8 Å². The second kappa shape index (κ2) is 9.14. The number of nitrogens with one attached hydrogen (secondary N) is 2. The predicted molar refractivity (Wildman–Crippen MR) is 105 cm³/mol. The van der Waals surface area contributed by atoms with E-state index in [1.807, 2.05) is 30.3 Å². The molecule has 2 aromatic carbocycles. The first-order chi connectivity index (χ1) is 13.6. The molecule has 0 aliphatic heterocycles. The maximum Gasteiger partial charge on any atom is 0.321 e. The van der Waals surface area contributed by atoms with Crippen molar-refractivity contribution in [2.24, 2.45) is 0 Å². The molecule has 1 aromatic heterocycles. The molecule has 0 aliphatic rings. The lowest BCUT2D eigenvalue weighted by Gasteiger charge is -2.10. The van der Waals surface area contributed by atoms with E-state index in [-0.39, 0.29) is 11.6 Å². The fourth-order valence-corrected chi connectivity index (χ4v) is 3.21. The van der Waals surface area contributed by atoms with Crippen molar-refractivity contribution in [3.05, 3.63) is 60.4 Å². The summed E-state index contributed by atoms with van der Waals surface area (Å²) >= 11 is 1.15. The van der Waals surface area contributed by atoms with Gasteiger partial charge >= 0.3 is 6.03 Å². The third kappa shape index (κ3) is 4.74. The Labute approximate surface area is 165 Å². The molecule has 0 radical (unpaired) electrons. The summed E-state index contributed by atoms with van der Waals surface area (Å²) in [5, 5.41) is 13.6. The molecule has 28 heavy (non-hydrogen) atoms. The molecular weight excluding hydrogens is 381 g/mol. The molecule has 1 heterocycles. The Morgan fingerprint density at radius 3 is 2.46 bits per heavy atom. The third-order valence-electron chi connectivity index (χ3n) is 3.67. The average molecular weight is 399 g/mol. The number of halogens is 1. The van der Waals surface area contributed by atoms with Gasteiger partial charge in [-0.3, -0.25) is 14.7 Å². The minimum atomic E-state index is -0.537. The lowest BCUT2D eigenvalue weighted by Crippen LogP contribution is -2.40. The highest BCUT2D eigenvalue weighted by molar-refractivity contribution is 7.99. The minimum absolute atomic E-state index is 0.00841. The minimum Gasteiger partial charge on any atom is -0.338 e. The van der Waals surface area contributed by atoms with E-state index in [4.69, 9.17) is 0 Å². The summed E-state index contributed by atoms with van der Waals surface area (Å²) in [6.07, 6.45) is 0. The second-order valence-corrected chi connectivity index (χ2v) is 6.62. The number of hydrogen-bond donors (Lipinski definition) is 2. The van der Waals surface area contributed by atoms with Crippen molar-refractivity contribution in [2.45, 2.75) is 12.1 Å². The summed E-state index contributed by atoms with van der Waals surface area (Å²) in [7, 11) is 0. The number of carbonyl (C=O) groups excluding carboxylic acids is 2. The molecule has 0 unspecified atom stereocenters. The first-order valence-corrected chi connectivity index (χ1v) is 9.54. The van der Waals surface area contributed by atoms with Gasteiger partial charge in [-0.2, -0.15) is 0 Å². The molecule has 3 aromatic rings. The summed E-state index contributed by atoms with van der Waals surface area (Å²) in [5.41, 5.74) is 1.50. The van der Waals surface area contributed by atoms with Crippen LogP contribution < -0.4 is 10.6 Å². The van der Waals surface area contributed by atoms with E-state index in [0.29, 0.717) is 23.1 Å². The topological polar surface area (TPSA) is 88.9 Å². The number of thioether (sulfide) groups is 1. The molecule has 9 heteroatoms. The highest BCUT2D eigenvalue weighted by atomic mass is 32.2. The summed E-state index contributed by atoms with van der Waals surface area (Å²) < 4.78 is 15.1. The molecule has 0 aliphatic carbocycles. The van der Waals surface area contributed by atoms with E-state index >= 15 is 0 Å². The van der Waals surface area contributed by atoms with Crippen molar-refractivity contribution in [2.75, 3.05) is 12.3 Å². The van der Waals surface area contributed by atoms with Gasteiger partial charge in [-0.25, -0.2) is 9.18 Å². The quantitative estimate of drug-likeness (QED) is 0.622. The van der Waals surface area contributed by atoms with E-state index in [1.165, 1.54) is 12.1 Å². The Morgan fingerprint density at radius 2 is 1.79 bits per heavy atom. The maximum absolute atomic E-state index is 13.3. The second-order valence-electron chi connectivity index (χ2n) is 5.68. The number of benzene rings is 2. The van der Waals surface area contributed by atoms with Crippen LogP contribution in [0.15, 0.2) is 59.8 Å². The van der Waals surface area contributed by atoms with Gasteiger partial charge in [0.05, 0.1) is 5.75 Å². The number of amides is 3. The zero-order chi connectivity index (χ0) is 19.9. The lowest BCUT2D eigenvalue weighted by atomic mass is 10.2. The highest BCUT2D eigenvalue weighted by Gasteiger charge is 2.17. The van der Waals surface area contributed by atoms with Crippen molar-refractivity contribution < 1.29 is 14.0 Å². The molecule has 0 saturated carbocycles. The van der Waals surface area contributed by atoms with Crippen LogP contribution in [0.4, 0.5) is 9.18 Å². The maximum atomic E-state index is 13.3. The Hall–Kier alpha value is -3.20. The van der Waals surface area contributed by atoms with E-state index in [2.05, 4.69) is 20.8 Å². The lowest BCUT2D eigenvalue weighted by molar-refractivity contribution is -0.117. The monoisotopic (exact) mass is 399 g/mol. The van der Waals surface area contributed by atoms with Gasteiger partial charge in [-0.05, 0) is 43.3 Å². The molecule has 0 saturated heterocycles. The van der Waals surface area contributed by atoms with Crippen molar-refractivity contribution in [1.82, 2.24) is 25.4 Å². The van der Waals surface area contributed by atoms with Crippen molar-refractivity contribution in [3.8, 4) is 17.1 Å². The van der Waals surface area contributed by atoms with Crippen LogP contribution in [0.25, 0.3) is 17.1 Å². The molecule has 3 rings (SSSR count). The van der Waals surface area contributed by atoms with Gasteiger partial charge in [-0.1, -0.05) is 30.0 Å². The smallest absolute Gasteiger partial charge is 0.321 e. The van der Waals surface area contributed by atoms with Crippen LogP contribution in [-0.4, -0.2) is 39.0 Å². The van der Waals surface area contributed by atoms with Crippen LogP contribution in [0.3, 0.4) is 0 Å². The normalized spacial score (nSPS) is 10.5. The molecule has 0 atom stereocenters. The van der Waals surface area contributed by atoms with Gasteiger partial charge < -0.3 is 5.32 Å². The fourth-order valence-electron chi connectivity index (χ4n) is 2.46. The standard InChI is InChI=1S/C19H18FN5O2S/c1-2-21-18(27)22-16(26)12-28-19-24-23-17(13-8-10-14(20)11-9-13)25(19)15-6-4-3-5-7-15/h3-11H,2,12H2,1H3,(H2,21,22,26,27). The number of para-hydroxylation sites is 1. The first kappa shape index (κ1) is 19.6. The summed E-state index contributed by atoms with van der Waals surface area (Å²) in [6.45, 7) is 2.19. The van der Waals surface area contributed by atoms with Crippen molar-refractivity contribution in [1.29, 1.82) is 0 Å².